The van der Waals surface area contributed by atoms with Gasteiger partial charge in [0, 0.05) is 6.54 Å². The zero-order valence-electron chi connectivity index (χ0n) is 11.2. The number of carbonyl (C=O) groups excluding carboxylic acids is 1. The Morgan fingerprint density at radius 2 is 2.11 bits per heavy atom. The molecule has 1 N–H and O–H groups in total. The number of likely N-dealkylation sites (tertiary alicyclic amines) is 1. The van der Waals surface area contributed by atoms with Crippen molar-refractivity contribution < 1.29 is 19.4 Å². The molecule has 1 amide bonds. The molecule has 5 nitrogen and oxygen atoms in total. The third-order valence-corrected chi connectivity index (χ3v) is 2.98. The van der Waals surface area contributed by atoms with Crippen LogP contribution in [-0.2, 0) is 9.53 Å². The smallest absolute Gasteiger partial charge is 0.411 e. The van der Waals surface area contributed by atoms with Gasteiger partial charge >= 0.3 is 12.1 Å². The lowest BCUT2D eigenvalue weighted by Gasteiger charge is -2.35. The molecule has 0 aliphatic carbocycles. The van der Waals surface area contributed by atoms with E-state index >= 15 is 0 Å². The molecule has 1 fully saturated rings. The van der Waals surface area contributed by atoms with E-state index in [1.807, 2.05) is 0 Å². The summed E-state index contributed by atoms with van der Waals surface area (Å²) in [6.07, 6.45) is 2.31. The lowest BCUT2D eigenvalue weighted by atomic mass is 9.92. The third kappa shape index (κ3) is 2.83. The molecule has 0 unspecified atom stereocenters. The van der Waals surface area contributed by atoms with E-state index in [1.54, 1.807) is 20.8 Å². The molecule has 5 heteroatoms. The molecular formula is C13H21NO4. The van der Waals surface area contributed by atoms with Gasteiger partial charge in [0.05, 0.1) is 0 Å². The first-order chi connectivity index (χ1) is 8.23. The van der Waals surface area contributed by atoms with Crippen molar-refractivity contribution in [1.29, 1.82) is 0 Å². The second kappa shape index (κ2) is 5.00. The Hall–Kier alpha value is -1.52. The van der Waals surface area contributed by atoms with Crippen LogP contribution in [0.15, 0.2) is 12.7 Å². The Morgan fingerprint density at radius 3 is 2.56 bits per heavy atom. The van der Waals surface area contributed by atoms with Crippen LogP contribution in [0.1, 0.15) is 40.0 Å². The summed E-state index contributed by atoms with van der Waals surface area (Å²) in [5.74, 6) is -0.995. The molecule has 0 aromatic rings. The number of hydrogen-bond acceptors (Lipinski definition) is 3. The fourth-order valence-corrected chi connectivity index (χ4v) is 2.22. The summed E-state index contributed by atoms with van der Waals surface area (Å²) < 4.78 is 5.26. The molecule has 102 valence electrons. The third-order valence-electron chi connectivity index (χ3n) is 2.98. The number of carboxylic acids is 1. The Kier molecular flexibility index (Phi) is 4.04. The molecule has 1 rings (SSSR count). The Bertz CT molecular complexity index is 358. The van der Waals surface area contributed by atoms with E-state index in [-0.39, 0.29) is 6.42 Å². The first-order valence-electron chi connectivity index (χ1n) is 6.08. The highest BCUT2D eigenvalue weighted by Crippen LogP contribution is 2.34. The number of rotatable bonds is 3. The van der Waals surface area contributed by atoms with Crippen LogP contribution in [-0.4, -0.2) is 39.8 Å². The van der Waals surface area contributed by atoms with Crippen LogP contribution in [0.25, 0.3) is 0 Å². The zero-order valence-corrected chi connectivity index (χ0v) is 11.2. The zero-order chi connectivity index (χ0) is 14.0. The normalized spacial score (nSPS) is 23.8. The first kappa shape index (κ1) is 14.5. The summed E-state index contributed by atoms with van der Waals surface area (Å²) >= 11 is 0. The van der Waals surface area contributed by atoms with E-state index in [1.165, 1.54) is 11.0 Å². The standard InChI is InChI=1S/C13H21NO4/c1-5-7-13(10(15)16)8-6-9-14(13)11(17)18-12(2,3)4/h5H,1,6-9H2,2-4H3,(H,15,16)/t13-/m1/s1. The van der Waals surface area contributed by atoms with Crippen molar-refractivity contribution in [3.63, 3.8) is 0 Å². The fourth-order valence-electron chi connectivity index (χ4n) is 2.22. The van der Waals surface area contributed by atoms with Gasteiger partial charge in [0.1, 0.15) is 11.1 Å². The number of carboxylic acid groups (broad SMARTS) is 1. The topological polar surface area (TPSA) is 66.8 Å². The van der Waals surface area contributed by atoms with Crippen LogP contribution in [0, 0.1) is 0 Å². The molecular weight excluding hydrogens is 234 g/mol. The summed E-state index contributed by atoms with van der Waals surface area (Å²) in [7, 11) is 0. The van der Waals surface area contributed by atoms with E-state index in [4.69, 9.17) is 4.74 Å². The van der Waals surface area contributed by atoms with Crippen LogP contribution < -0.4 is 0 Å². The number of ether oxygens (including phenoxy) is 1. The predicted octanol–water partition coefficient (Wildman–Crippen LogP) is 2.42. The lowest BCUT2D eigenvalue weighted by molar-refractivity contribution is -0.149. The number of carbonyl (C=O) groups is 2. The largest absolute Gasteiger partial charge is 0.479 e. The average Bonchev–Trinajstić information content (AvgIpc) is 2.60. The summed E-state index contributed by atoms with van der Waals surface area (Å²) in [6.45, 7) is 9.27. The van der Waals surface area contributed by atoms with Crippen LogP contribution in [0.5, 0.6) is 0 Å². The molecule has 1 atom stereocenters. The number of nitrogens with zero attached hydrogens (tertiary/aromatic N) is 1. The highest BCUT2D eigenvalue weighted by Gasteiger charge is 2.50. The number of aliphatic carboxylic acids is 1. The fraction of sp³-hybridized carbons (Fsp3) is 0.692. The van der Waals surface area contributed by atoms with Gasteiger partial charge in [-0.05, 0) is 40.0 Å². The molecule has 1 aliphatic rings. The van der Waals surface area contributed by atoms with Crippen LogP contribution in [0.4, 0.5) is 4.79 Å². The van der Waals surface area contributed by atoms with E-state index in [2.05, 4.69) is 6.58 Å². The molecule has 0 aromatic heterocycles. The van der Waals surface area contributed by atoms with Gasteiger partial charge in [-0.1, -0.05) is 6.08 Å². The summed E-state index contributed by atoms with van der Waals surface area (Å²) in [6, 6.07) is 0. The molecule has 0 saturated carbocycles. The van der Waals surface area contributed by atoms with Crippen molar-refractivity contribution in [3.8, 4) is 0 Å². The van der Waals surface area contributed by atoms with E-state index in [0.717, 1.165) is 0 Å². The van der Waals surface area contributed by atoms with Crippen molar-refractivity contribution in [2.24, 2.45) is 0 Å². The number of hydrogen-bond donors (Lipinski definition) is 1. The van der Waals surface area contributed by atoms with Crippen molar-refractivity contribution in [2.75, 3.05) is 6.54 Å². The molecule has 18 heavy (non-hydrogen) atoms. The van der Waals surface area contributed by atoms with E-state index < -0.39 is 23.2 Å². The predicted molar refractivity (Wildman–Crippen MR) is 67.4 cm³/mol. The summed E-state index contributed by atoms with van der Waals surface area (Å²) in [4.78, 5) is 24.9. The maximum Gasteiger partial charge on any atom is 0.411 e. The minimum absolute atomic E-state index is 0.238. The van der Waals surface area contributed by atoms with E-state index in [9.17, 15) is 14.7 Å². The molecule has 0 radical (unpaired) electrons. The van der Waals surface area contributed by atoms with Crippen LogP contribution in [0.3, 0.4) is 0 Å². The SMILES string of the molecule is C=CC[C@]1(C(=O)O)CCCN1C(=O)OC(C)(C)C. The monoisotopic (exact) mass is 255 g/mol. The quantitative estimate of drug-likeness (QED) is 0.786. The van der Waals surface area contributed by atoms with Gasteiger partial charge in [-0.25, -0.2) is 9.59 Å². The molecule has 0 bridgehead atoms. The van der Waals surface area contributed by atoms with Crippen molar-refractivity contribution in [1.82, 2.24) is 4.90 Å². The highest BCUT2D eigenvalue weighted by molar-refractivity contribution is 5.85. The molecule has 1 aliphatic heterocycles. The average molecular weight is 255 g/mol. The molecule has 0 aromatic carbocycles. The van der Waals surface area contributed by atoms with Gasteiger partial charge < -0.3 is 9.84 Å². The van der Waals surface area contributed by atoms with Gasteiger partial charge in [-0.15, -0.1) is 6.58 Å². The van der Waals surface area contributed by atoms with Crippen molar-refractivity contribution in [2.45, 2.75) is 51.2 Å². The summed E-state index contributed by atoms with van der Waals surface area (Å²) in [5.41, 5.74) is -1.82. The molecule has 1 heterocycles. The summed E-state index contributed by atoms with van der Waals surface area (Å²) in [5, 5.41) is 9.42. The molecule has 1 saturated heterocycles. The Morgan fingerprint density at radius 1 is 1.50 bits per heavy atom. The first-order valence-corrected chi connectivity index (χ1v) is 6.08. The minimum atomic E-state index is -1.19. The number of amides is 1. The van der Waals surface area contributed by atoms with Gasteiger partial charge in [0.25, 0.3) is 0 Å². The second-order valence-corrected chi connectivity index (χ2v) is 5.57. The maximum atomic E-state index is 12.1. The van der Waals surface area contributed by atoms with Gasteiger partial charge in [-0.3, -0.25) is 4.90 Å². The Labute approximate surface area is 107 Å². The maximum absolute atomic E-state index is 12.1. The van der Waals surface area contributed by atoms with Crippen LogP contribution in [0.2, 0.25) is 0 Å². The van der Waals surface area contributed by atoms with Crippen LogP contribution >= 0.6 is 0 Å². The van der Waals surface area contributed by atoms with Crippen molar-refractivity contribution >= 4 is 12.1 Å². The Balaban J connectivity index is 2.95. The molecule has 0 spiro atoms. The van der Waals surface area contributed by atoms with Crippen molar-refractivity contribution in [3.05, 3.63) is 12.7 Å². The van der Waals surface area contributed by atoms with Gasteiger partial charge in [0.15, 0.2) is 0 Å². The highest BCUT2D eigenvalue weighted by atomic mass is 16.6. The van der Waals surface area contributed by atoms with E-state index in [0.29, 0.717) is 19.4 Å². The van der Waals surface area contributed by atoms with Gasteiger partial charge in [-0.2, -0.15) is 0 Å². The van der Waals surface area contributed by atoms with Gasteiger partial charge in [0.2, 0.25) is 0 Å². The minimum Gasteiger partial charge on any atom is -0.479 e. The lowest BCUT2D eigenvalue weighted by Crippen LogP contribution is -2.54. The second-order valence-electron chi connectivity index (χ2n) is 5.57.